The smallest absolute Gasteiger partial charge is 0.257 e. The van der Waals surface area contributed by atoms with E-state index in [0.717, 1.165) is 0 Å². The third-order valence-electron chi connectivity index (χ3n) is 3.45. The number of ether oxygens (including phenoxy) is 3. The Morgan fingerprint density at radius 3 is 2.84 bits per heavy atom. The molecule has 7 nitrogen and oxygen atoms in total. The van der Waals surface area contributed by atoms with Crippen molar-refractivity contribution in [1.82, 2.24) is 15.1 Å². The fraction of sp³-hybridized carbons (Fsp3) is 0.667. The van der Waals surface area contributed by atoms with E-state index in [4.69, 9.17) is 14.2 Å². The van der Waals surface area contributed by atoms with Gasteiger partial charge in [0.25, 0.3) is 5.91 Å². The molecule has 1 aliphatic heterocycles. The summed E-state index contributed by atoms with van der Waals surface area (Å²) in [5.74, 6) is -0.124. The number of hydrogen-bond acceptors (Lipinski definition) is 5. The van der Waals surface area contributed by atoms with Crippen molar-refractivity contribution in [2.24, 2.45) is 0 Å². The molecule has 106 valence electrons. The molecule has 1 aliphatic rings. The number of nitrogens with zero attached hydrogens (tertiary/aromatic N) is 2. The first-order valence-corrected chi connectivity index (χ1v) is 6.08. The van der Waals surface area contributed by atoms with Crippen LogP contribution in [-0.4, -0.2) is 73.7 Å². The molecule has 0 radical (unpaired) electrons. The zero-order valence-electron chi connectivity index (χ0n) is 11.3. The number of amides is 1. The molecule has 7 heteroatoms. The Balaban J connectivity index is 2.12. The Hall–Kier alpha value is -1.44. The van der Waals surface area contributed by atoms with Crippen LogP contribution in [0.1, 0.15) is 10.4 Å². The summed E-state index contributed by atoms with van der Waals surface area (Å²) in [7, 11) is 4.96. The van der Waals surface area contributed by atoms with E-state index >= 15 is 0 Å². The molecule has 1 N–H and O–H groups in total. The van der Waals surface area contributed by atoms with Crippen molar-refractivity contribution < 1.29 is 19.0 Å². The van der Waals surface area contributed by atoms with Gasteiger partial charge < -0.3 is 19.1 Å². The number of H-pyrrole nitrogens is 1. The summed E-state index contributed by atoms with van der Waals surface area (Å²) in [6.45, 7) is 0.901. The van der Waals surface area contributed by atoms with Crippen LogP contribution < -0.4 is 0 Å². The first kappa shape index (κ1) is 14.0. The van der Waals surface area contributed by atoms with Crippen LogP contribution in [0.15, 0.2) is 12.4 Å². The van der Waals surface area contributed by atoms with Crippen LogP contribution in [0.5, 0.6) is 0 Å². The van der Waals surface area contributed by atoms with E-state index < -0.39 is 0 Å². The molecule has 0 unspecified atom stereocenters. The first-order chi connectivity index (χ1) is 9.19. The molecule has 1 fully saturated rings. The van der Waals surface area contributed by atoms with Crippen LogP contribution in [0.4, 0.5) is 0 Å². The highest BCUT2D eigenvalue weighted by atomic mass is 16.6. The third kappa shape index (κ3) is 2.78. The van der Waals surface area contributed by atoms with Gasteiger partial charge >= 0.3 is 0 Å². The number of carbonyl (C=O) groups excluding carboxylic acids is 1. The van der Waals surface area contributed by atoms with Gasteiger partial charge in [0.05, 0.1) is 31.0 Å². The van der Waals surface area contributed by atoms with Crippen molar-refractivity contribution in [3.05, 3.63) is 18.0 Å². The van der Waals surface area contributed by atoms with Gasteiger partial charge in [-0.2, -0.15) is 5.10 Å². The molecule has 3 atom stereocenters. The van der Waals surface area contributed by atoms with Gasteiger partial charge in [0, 0.05) is 27.5 Å². The molecule has 1 aromatic rings. The maximum Gasteiger partial charge on any atom is 0.257 e. The van der Waals surface area contributed by atoms with Crippen molar-refractivity contribution in [2.75, 3.05) is 34.5 Å². The van der Waals surface area contributed by atoms with E-state index in [2.05, 4.69) is 10.2 Å². The molecule has 0 saturated carbocycles. The van der Waals surface area contributed by atoms with Crippen molar-refractivity contribution in [1.29, 1.82) is 0 Å². The number of hydrogen-bond donors (Lipinski definition) is 1. The normalized spacial score (nSPS) is 27.2. The second-order valence-corrected chi connectivity index (χ2v) is 4.48. The Labute approximate surface area is 111 Å². The van der Waals surface area contributed by atoms with Crippen molar-refractivity contribution in [2.45, 2.75) is 18.2 Å². The summed E-state index contributed by atoms with van der Waals surface area (Å²) in [6.07, 6.45) is 2.68. The molecule has 0 aliphatic carbocycles. The fourth-order valence-corrected chi connectivity index (χ4v) is 2.31. The number of carbonyl (C=O) groups is 1. The Morgan fingerprint density at radius 2 is 2.26 bits per heavy atom. The zero-order valence-corrected chi connectivity index (χ0v) is 11.3. The maximum absolute atomic E-state index is 12.3. The molecule has 1 amide bonds. The second-order valence-electron chi connectivity index (χ2n) is 4.48. The average molecular weight is 269 g/mol. The number of aromatic nitrogens is 2. The third-order valence-corrected chi connectivity index (χ3v) is 3.45. The number of nitrogens with one attached hydrogen (secondary N) is 1. The van der Waals surface area contributed by atoms with Crippen molar-refractivity contribution in [3.63, 3.8) is 0 Å². The number of likely N-dealkylation sites (N-methyl/N-ethyl adjacent to an activating group) is 1. The van der Waals surface area contributed by atoms with E-state index in [1.165, 1.54) is 6.20 Å². The lowest BCUT2D eigenvalue weighted by Crippen LogP contribution is -2.57. The summed E-state index contributed by atoms with van der Waals surface area (Å²) in [5.41, 5.74) is 0.511. The van der Waals surface area contributed by atoms with E-state index in [1.807, 2.05) is 0 Å². The summed E-state index contributed by atoms with van der Waals surface area (Å²) in [4.78, 5) is 13.9. The molecule has 2 heterocycles. The van der Waals surface area contributed by atoms with E-state index in [9.17, 15) is 4.79 Å². The minimum Gasteiger partial charge on any atom is -0.376 e. The molecule has 1 saturated heterocycles. The minimum atomic E-state index is -0.209. The first-order valence-electron chi connectivity index (χ1n) is 6.08. The van der Waals surface area contributed by atoms with Crippen LogP contribution in [0.3, 0.4) is 0 Å². The maximum atomic E-state index is 12.3. The Kier molecular flexibility index (Phi) is 4.52. The summed E-state index contributed by atoms with van der Waals surface area (Å²) in [5, 5.41) is 6.41. The van der Waals surface area contributed by atoms with Crippen LogP contribution >= 0.6 is 0 Å². The summed E-state index contributed by atoms with van der Waals surface area (Å²) < 4.78 is 16.3. The predicted molar refractivity (Wildman–Crippen MR) is 66.9 cm³/mol. The van der Waals surface area contributed by atoms with Crippen molar-refractivity contribution in [3.8, 4) is 0 Å². The quantitative estimate of drug-likeness (QED) is 0.826. The molecule has 0 spiro atoms. The molecule has 19 heavy (non-hydrogen) atoms. The average Bonchev–Trinajstić information content (AvgIpc) is 2.98. The monoisotopic (exact) mass is 269 g/mol. The highest BCUT2D eigenvalue weighted by Gasteiger charge is 2.38. The lowest BCUT2D eigenvalue weighted by atomic mass is 10.0. The Bertz CT molecular complexity index is 409. The highest BCUT2D eigenvalue weighted by Crippen LogP contribution is 2.20. The van der Waals surface area contributed by atoms with Gasteiger partial charge in [0.1, 0.15) is 12.2 Å². The van der Waals surface area contributed by atoms with Crippen LogP contribution in [0.25, 0.3) is 0 Å². The van der Waals surface area contributed by atoms with E-state index in [-0.39, 0.29) is 24.2 Å². The van der Waals surface area contributed by atoms with Gasteiger partial charge in [-0.15, -0.1) is 0 Å². The number of methoxy groups -OCH3 is 2. The number of aromatic amines is 1. The largest absolute Gasteiger partial charge is 0.376 e. The molecular weight excluding hydrogens is 250 g/mol. The second kappa shape index (κ2) is 6.14. The highest BCUT2D eigenvalue weighted by molar-refractivity contribution is 5.93. The van der Waals surface area contributed by atoms with Crippen LogP contribution in [-0.2, 0) is 14.2 Å². The lowest BCUT2D eigenvalue weighted by Gasteiger charge is -2.40. The molecule has 0 aromatic carbocycles. The molecule has 0 bridgehead atoms. The van der Waals surface area contributed by atoms with E-state index in [1.54, 1.807) is 32.4 Å². The van der Waals surface area contributed by atoms with E-state index in [0.29, 0.717) is 18.8 Å². The zero-order chi connectivity index (χ0) is 13.8. The van der Waals surface area contributed by atoms with Crippen LogP contribution in [0, 0.1) is 0 Å². The molecule has 2 rings (SSSR count). The van der Waals surface area contributed by atoms with Crippen LogP contribution in [0.2, 0.25) is 0 Å². The van der Waals surface area contributed by atoms with Gasteiger partial charge in [-0.05, 0) is 0 Å². The molecule has 1 aromatic heterocycles. The predicted octanol–water partition coefficient (Wildman–Crippen LogP) is -0.0895. The molecular formula is C12H19N3O4. The van der Waals surface area contributed by atoms with Gasteiger partial charge in [-0.25, -0.2) is 0 Å². The summed E-state index contributed by atoms with van der Waals surface area (Å²) >= 11 is 0. The van der Waals surface area contributed by atoms with Gasteiger partial charge in [0.15, 0.2) is 0 Å². The van der Waals surface area contributed by atoms with Gasteiger partial charge in [0.2, 0.25) is 0 Å². The van der Waals surface area contributed by atoms with Gasteiger partial charge in [-0.3, -0.25) is 9.89 Å². The van der Waals surface area contributed by atoms with Gasteiger partial charge in [-0.1, -0.05) is 0 Å². The number of rotatable bonds is 4. The fourth-order valence-electron chi connectivity index (χ4n) is 2.31. The minimum absolute atomic E-state index is 0.124. The van der Waals surface area contributed by atoms with Crippen molar-refractivity contribution >= 4 is 5.91 Å². The lowest BCUT2D eigenvalue weighted by molar-refractivity contribution is -0.147. The topological polar surface area (TPSA) is 76.7 Å². The Morgan fingerprint density at radius 1 is 1.47 bits per heavy atom. The SMILES string of the molecule is CO[C@H]1[C@H](N(C)C(=O)c2cn[nH]c2)COC[C@H]1OC. The standard InChI is InChI=1S/C12H19N3O4/c1-15(12(16)8-4-13-14-5-8)9-6-19-7-10(17-2)11(9)18-3/h4-5,9-11H,6-7H2,1-3H3,(H,13,14)/t9-,10-,11+/m1/s1. The summed E-state index contributed by atoms with van der Waals surface area (Å²) in [6, 6.07) is -0.189.